The molecule has 170 valence electrons. The van der Waals surface area contributed by atoms with E-state index in [2.05, 4.69) is 16.3 Å². The van der Waals surface area contributed by atoms with Gasteiger partial charge in [0.05, 0.1) is 10.9 Å². The Morgan fingerprint density at radius 3 is 2.64 bits per heavy atom. The SMILES string of the molecule is O=C(NCCN1CCCC1)c1ccc(/C=C2\CCCn3c2nc2cc(Cl)ccc2c3=O)cc1. The van der Waals surface area contributed by atoms with Crippen LogP contribution in [-0.2, 0) is 6.54 Å². The van der Waals surface area contributed by atoms with Crippen LogP contribution in [0, 0.1) is 0 Å². The van der Waals surface area contributed by atoms with Crippen molar-refractivity contribution in [3.8, 4) is 0 Å². The number of amides is 1. The fourth-order valence-corrected chi connectivity index (χ4v) is 4.86. The molecule has 33 heavy (non-hydrogen) atoms. The second kappa shape index (κ2) is 9.49. The second-order valence-electron chi connectivity index (χ2n) is 8.75. The Morgan fingerprint density at radius 2 is 1.85 bits per heavy atom. The summed E-state index contributed by atoms with van der Waals surface area (Å²) in [6.45, 7) is 4.49. The van der Waals surface area contributed by atoms with E-state index in [-0.39, 0.29) is 11.5 Å². The van der Waals surface area contributed by atoms with Crippen molar-refractivity contribution in [1.29, 1.82) is 0 Å². The Kier molecular flexibility index (Phi) is 6.29. The molecule has 3 aromatic rings. The molecular weight excluding hydrogens is 436 g/mol. The van der Waals surface area contributed by atoms with E-state index in [9.17, 15) is 9.59 Å². The van der Waals surface area contributed by atoms with Crippen LogP contribution in [-0.4, -0.2) is 46.5 Å². The zero-order valence-electron chi connectivity index (χ0n) is 18.5. The van der Waals surface area contributed by atoms with Gasteiger partial charge in [-0.05, 0) is 86.3 Å². The van der Waals surface area contributed by atoms with E-state index in [0.717, 1.165) is 43.6 Å². The Balaban J connectivity index is 1.34. The molecule has 6 nitrogen and oxygen atoms in total. The number of fused-ring (bicyclic) bond motifs is 2. The van der Waals surface area contributed by atoms with E-state index in [1.54, 1.807) is 22.8 Å². The molecule has 1 N–H and O–H groups in total. The van der Waals surface area contributed by atoms with Crippen LogP contribution >= 0.6 is 11.6 Å². The third-order valence-corrected chi connectivity index (χ3v) is 6.69. The molecule has 0 bridgehead atoms. The van der Waals surface area contributed by atoms with Gasteiger partial charge in [-0.1, -0.05) is 23.7 Å². The maximum Gasteiger partial charge on any atom is 0.261 e. The van der Waals surface area contributed by atoms with Gasteiger partial charge in [0.2, 0.25) is 0 Å². The van der Waals surface area contributed by atoms with Gasteiger partial charge >= 0.3 is 0 Å². The van der Waals surface area contributed by atoms with Gasteiger partial charge in [0, 0.05) is 30.2 Å². The molecule has 1 aromatic heterocycles. The van der Waals surface area contributed by atoms with Crippen molar-refractivity contribution in [3.05, 3.63) is 74.8 Å². The summed E-state index contributed by atoms with van der Waals surface area (Å²) in [5.41, 5.74) is 3.24. The minimum Gasteiger partial charge on any atom is -0.351 e. The summed E-state index contributed by atoms with van der Waals surface area (Å²) in [4.78, 5) is 32.6. The minimum absolute atomic E-state index is 0.0294. The van der Waals surface area contributed by atoms with Gasteiger partial charge in [0.1, 0.15) is 5.82 Å². The largest absolute Gasteiger partial charge is 0.351 e. The first-order valence-electron chi connectivity index (χ1n) is 11.6. The highest BCUT2D eigenvalue weighted by atomic mass is 35.5. The van der Waals surface area contributed by atoms with Crippen LogP contribution in [0.3, 0.4) is 0 Å². The standard InChI is InChI=1S/C26H27ClN4O2/c27-21-9-10-22-23(17-21)29-24-20(4-3-14-31(24)26(22)33)16-18-5-7-19(8-6-18)25(32)28-11-15-30-12-1-2-13-30/h5-10,16-17H,1-4,11-15H2,(H,28,32)/b20-16+. The summed E-state index contributed by atoms with van der Waals surface area (Å²) in [7, 11) is 0. The summed E-state index contributed by atoms with van der Waals surface area (Å²) in [5.74, 6) is 0.651. The highest BCUT2D eigenvalue weighted by molar-refractivity contribution is 6.31. The lowest BCUT2D eigenvalue weighted by Gasteiger charge is -2.21. The van der Waals surface area contributed by atoms with Crippen LogP contribution < -0.4 is 10.9 Å². The van der Waals surface area contributed by atoms with Gasteiger partial charge < -0.3 is 10.2 Å². The molecule has 5 rings (SSSR count). The third-order valence-electron chi connectivity index (χ3n) is 6.46. The number of nitrogens with zero attached hydrogens (tertiary/aromatic N) is 3. The Morgan fingerprint density at radius 1 is 1.06 bits per heavy atom. The highest BCUT2D eigenvalue weighted by Gasteiger charge is 2.19. The number of benzene rings is 2. The normalized spacial score (nSPS) is 17.4. The van der Waals surface area contributed by atoms with Crippen molar-refractivity contribution in [3.63, 3.8) is 0 Å². The van der Waals surface area contributed by atoms with Gasteiger partial charge in [0.25, 0.3) is 11.5 Å². The van der Waals surface area contributed by atoms with Crippen molar-refractivity contribution in [2.45, 2.75) is 32.2 Å². The molecule has 2 aromatic carbocycles. The van der Waals surface area contributed by atoms with Crippen LogP contribution in [0.1, 0.15) is 47.4 Å². The molecule has 0 saturated carbocycles. The molecule has 2 aliphatic heterocycles. The molecule has 1 fully saturated rings. The molecular formula is C26H27ClN4O2. The average molecular weight is 463 g/mol. The van der Waals surface area contributed by atoms with Crippen molar-refractivity contribution in [1.82, 2.24) is 19.8 Å². The Labute approximate surface area is 197 Å². The number of carbonyl (C=O) groups excluding carboxylic acids is 1. The number of allylic oxidation sites excluding steroid dienone is 1. The number of carbonyl (C=O) groups is 1. The first-order chi connectivity index (χ1) is 16.1. The van der Waals surface area contributed by atoms with E-state index >= 15 is 0 Å². The van der Waals surface area contributed by atoms with Crippen molar-refractivity contribution in [2.75, 3.05) is 26.2 Å². The van der Waals surface area contributed by atoms with E-state index in [1.165, 1.54) is 12.8 Å². The lowest BCUT2D eigenvalue weighted by atomic mass is 10.0. The quantitative estimate of drug-likeness (QED) is 0.616. The van der Waals surface area contributed by atoms with Gasteiger partial charge in [-0.25, -0.2) is 4.98 Å². The molecule has 0 spiro atoms. The van der Waals surface area contributed by atoms with Crippen molar-refractivity contribution >= 4 is 40.1 Å². The smallest absolute Gasteiger partial charge is 0.261 e. The van der Waals surface area contributed by atoms with Gasteiger partial charge in [-0.3, -0.25) is 14.2 Å². The van der Waals surface area contributed by atoms with Crippen LogP contribution in [0.4, 0.5) is 0 Å². The molecule has 0 atom stereocenters. The lowest BCUT2D eigenvalue weighted by molar-refractivity contribution is 0.0950. The number of rotatable bonds is 5. The highest BCUT2D eigenvalue weighted by Crippen LogP contribution is 2.27. The zero-order valence-corrected chi connectivity index (χ0v) is 19.3. The number of hydrogen-bond donors (Lipinski definition) is 1. The number of nitrogens with one attached hydrogen (secondary N) is 1. The predicted octanol–water partition coefficient (Wildman–Crippen LogP) is 4.21. The minimum atomic E-state index is -0.0482. The third kappa shape index (κ3) is 4.72. The maximum atomic E-state index is 13.0. The number of halogens is 1. The van der Waals surface area contributed by atoms with Gasteiger partial charge in [-0.2, -0.15) is 0 Å². The summed E-state index contributed by atoms with van der Waals surface area (Å²) in [6, 6.07) is 12.8. The van der Waals surface area contributed by atoms with E-state index < -0.39 is 0 Å². The van der Waals surface area contributed by atoms with E-state index in [0.29, 0.717) is 40.4 Å². The summed E-state index contributed by atoms with van der Waals surface area (Å²) < 4.78 is 1.76. The number of likely N-dealkylation sites (tertiary alicyclic amines) is 1. The summed E-state index contributed by atoms with van der Waals surface area (Å²) in [6.07, 6.45) is 6.30. The Hall–Kier alpha value is -2.96. The monoisotopic (exact) mass is 462 g/mol. The molecule has 1 amide bonds. The predicted molar refractivity (Wildman–Crippen MR) is 133 cm³/mol. The number of hydrogen-bond acceptors (Lipinski definition) is 4. The topological polar surface area (TPSA) is 67.2 Å². The van der Waals surface area contributed by atoms with E-state index in [4.69, 9.17) is 16.6 Å². The molecule has 0 aliphatic carbocycles. The van der Waals surface area contributed by atoms with Crippen LogP contribution in [0.25, 0.3) is 22.6 Å². The lowest BCUT2D eigenvalue weighted by Crippen LogP contribution is -2.33. The molecule has 2 aliphatic rings. The molecule has 1 saturated heterocycles. The summed E-state index contributed by atoms with van der Waals surface area (Å²) >= 11 is 6.13. The first kappa shape index (κ1) is 21.9. The zero-order chi connectivity index (χ0) is 22.8. The van der Waals surface area contributed by atoms with Crippen molar-refractivity contribution in [2.24, 2.45) is 0 Å². The Bertz CT molecular complexity index is 1270. The first-order valence-corrected chi connectivity index (χ1v) is 12.0. The fraction of sp³-hybridized carbons (Fsp3) is 0.346. The van der Waals surface area contributed by atoms with Crippen LogP contribution in [0.2, 0.25) is 5.02 Å². The molecule has 3 heterocycles. The maximum absolute atomic E-state index is 13.0. The van der Waals surface area contributed by atoms with Gasteiger partial charge in [0.15, 0.2) is 0 Å². The number of aromatic nitrogens is 2. The fourth-order valence-electron chi connectivity index (χ4n) is 4.69. The van der Waals surface area contributed by atoms with Gasteiger partial charge in [-0.15, -0.1) is 0 Å². The molecule has 7 heteroatoms. The van der Waals surface area contributed by atoms with Crippen molar-refractivity contribution < 1.29 is 4.79 Å². The van der Waals surface area contributed by atoms with Crippen LogP contribution in [0.5, 0.6) is 0 Å². The molecule has 0 radical (unpaired) electrons. The average Bonchev–Trinajstić information content (AvgIpc) is 3.33. The summed E-state index contributed by atoms with van der Waals surface area (Å²) in [5, 5.41) is 4.16. The van der Waals surface area contributed by atoms with E-state index in [1.807, 2.05) is 24.3 Å². The second-order valence-corrected chi connectivity index (χ2v) is 9.19. The molecule has 0 unspecified atom stereocenters. The van der Waals surface area contributed by atoms with Crippen LogP contribution in [0.15, 0.2) is 47.3 Å².